The van der Waals surface area contributed by atoms with Crippen molar-refractivity contribution in [2.45, 2.75) is 51.5 Å². The molecular weight excluding hydrogens is 366 g/mol. The van der Waals surface area contributed by atoms with Crippen molar-refractivity contribution >= 4 is 17.8 Å². The fourth-order valence-electron chi connectivity index (χ4n) is 3.37. The van der Waals surface area contributed by atoms with Crippen molar-refractivity contribution in [2.75, 3.05) is 0 Å². The van der Waals surface area contributed by atoms with E-state index < -0.39 is 17.5 Å². The van der Waals surface area contributed by atoms with E-state index in [2.05, 4.69) is 17.7 Å². The normalized spacial score (nSPS) is 18.6. The van der Waals surface area contributed by atoms with Crippen molar-refractivity contribution in [3.63, 3.8) is 0 Å². The highest BCUT2D eigenvalue weighted by atomic mass is 16.2. The SMILES string of the molecule is CCc1ccc(CCC(=O)NN2C(=O)NC(C)(CCc3ccccc3)C2=O)cc1. The number of benzene rings is 2. The standard InChI is InChI=1S/C23H27N3O3/c1-3-17-9-11-19(12-10-17)13-14-20(27)25-26-21(28)23(2,24-22(26)29)16-15-18-7-5-4-6-8-18/h4-12H,3,13-16H2,1-2H3,(H,24,29)(H,25,27). The van der Waals surface area contributed by atoms with Gasteiger partial charge in [-0.05, 0) is 49.3 Å². The number of carbonyl (C=O) groups excluding carboxylic acids is 3. The second-order valence-corrected chi connectivity index (χ2v) is 7.59. The number of rotatable bonds is 8. The Kier molecular flexibility index (Phi) is 6.32. The molecular formula is C23H27N3O3. The average Bonchev–Trinajstić information content (AvgIpc) is 2.95. The van der Waals surface area contributed by atoms with Gasteiger partial charge in [0.05, 0.1) is 0 Å². The van der Waals surface area contributed by atoms with E-state index in [9.17, 15) is 14.4 Å². The third-order valence-corrected chi connectivity index (χ3v) is 5.33. The summed E-state index contributed by atoms with van der Waals surface area (Å²) in [5.74, 6) is -0.792. The van der Waals surface area contributed by atoms with E-state index in [0.29, 0.717) is 19.3 Å². The molecule has 1 heterocycles. The van der Waals surface area contributed by atoms with Crippen molar-refractivity contribution in [1.82, 2.24) is 15.8 Å². The molecule has 0 saturated carbocycles. The van der Waals surface area contributed by atoms with E-state index in [-0.39, 0.29) is 12.3 Å². The minimum Gasteiger partial charge on any atom is -0.322 e. The molecule has 0 spiro atoms. The van der Waals surface area contributed by atoms with Gasteiger partial charge in [-0.25, -0.2) is 4.79 Å². The highest BCUT2D eigenvalue weighted by Gasteiger charge is 2.48. The Morgan fingerprint density at radius 1 is 0.966 bits per heavy atom. The van der Waals surface area contributed by atoms with Crippen LogP contribution in [0, 0.1) is 0 Å². The maximum absolute atomic E-state index is 12.8. The second kappa shape index (κ2) is 8.90. The fraction of sp³-hybridized carbons (Fsp3) is 0.348. The predicted molar refractivity (Wildman–Crippen MR) is 111 cm³/mol. The van der Waals surface area contributed by atoms with Gasteiger partial charge in [0.25, 0.3) is 5.91 Å². The third-order valence-electron chi connectivity index (χ3n) is 5.33. The van der Waals surface area contributed by atoms with Gasteiger partial charge in [-0.3, -0.25) is 15.0 Å². The van der Waals surface area contributed by atoms with E-state index >= 15 is 0 Å². The zero-order valence-corrected chi connectivity index (χ0v) is 16.9. The molecule has 2 aromatic carbocycles. The molecule has 1 atom stereocenters. The molecule has 4 amide bonds. The van der Waals surface area contributed by atoms with Crippen LogP contribution in [0.3, 0.4) is 0 Å². The maximum Gasteiger partial charge on any atom is 0.344 e. The molecule has 3 rings (SSSR count). The molecule has 29 heavy (non-hydrogen) atoms. The first-order chi connectivity index (χ1) is 13.9. The number of aryl methyl sites for hydroxylation is 3. The lowest BCUT2D eigenvalue weighted by molar-refractivity contribution is -0.138. The molecule has 1 saturated heterocycles. The summed E-state index contributed by atoms with van der Waals surface area (Å²) in [6, 6.07) is 17.3. The third kappa shape index (κ3) is 5.02. The lowest BCUT2D eigenvalue weighted by atomic mass is 9.93. The van der Waals surface area contributed by atoms with E-state index in [0.717, 1.165) is 22.6 Å². The van der Waals surface area contributed by atoms with E-state index in [1.165, 1.54) is 5.56 Å². The van der Waals surface area contributed by atoms with E-state index in [1.54, 1.807) is 6.92 Å². The number of hydrogen-bond acceptors (Lipinski definition) is 3. The molecule has 1 aliphatic heterocycles. The van der Waals surface area contributed by atoms with E-state index in [4.69, 9.17) is 0 Å². The van der Waals surface area contributed by atoms with Gasteiger partial charge in [-0.1, -0.05) is 61.5 Å². The summed E-state index contributed by atoms with van der Waals surface area (Å²) >= 11 is 0. The smallest absolute Gasteiger partial charge is 0.322 e. The van der Waals surface area contributed by atoms with Crippen molar-refractivity contribution in [3.8, 4) is 0 Å². The molecule has 152 valence electrons. The van der Waals surface area contributed by atoms with Crippen LogP contribution in [0.4, 0.5) is 4.79 Å². The first-order valence-electron chi connectivity index (χ1n) is 9.99. The first-order valence-corrected chi connectivity index (χ1v) is 9.99. The Morgan fingerprint density at radius 2 is 1.59 bits per heavy atom. The van der Waals surface area contributed by atoms with Crippen LogP contribution >= 0.6 is 0 Å². The van der Waals surface area contributed by atoms with Crippen molar-refractivity contribution in [1.29, 1.82) is 0 Å². The van der Waals surface area contributed by atoms with Crippen LogP contribution in [0.2, 0.25) is 0 Å². The number of urea groups is 1. The summed E-state index contributed by atoms with van der Waals surface area (Å²) < 4.78 is 0. The van der Waals surface area contributed by atoms with Crippen molar-refractivity contribution in [3.05, 3.63) is 71.3 Å². The number of imide groups is 1. The molecule has 6 heteroatoms. The molecule has 0 radical (unpaired) electrons. The monoisotopic (exact) mass is 393 g/mol. The quantitative estimate of drug-likeness (QED) is 0.676. The van der Waals surface area contributed by atoms with Gasteiger partial charge < -0.3 is 5.32 Å². The van der Waals surface area contributed by atoms with Crippen LogP contribution in [0.25, 0.3) is 0 Å². The second-order valence-electron chi connectivity index (χ2n) is 7.59. The predicted octanol–water partition coefficient (Wildman–Crippen LogP) is 3.16. The molecule has 1 aliphatic rings. The maximum atomic E-state index is 12.8. The van der Waals surface area contributed by atoms with Gasteiger partial charge in [0.2, 0.25) is 5.91 Å². The average molecular weight is 393 g/mol. The molecule has 1 unspecified atom stereocenters. The van der Waals surface area contributed by atoms with Crippen molar-refractivity contribution in [2.24, 2.45) is 0 Å². The number of hydrazine groups is 1. The fourth-order valence-corrected chi connectivity index (χ4v) is 3.37. The van der Waals surface area contributed by atoms with Gasteiger partial charge in [-0.2, -0.15) is 5.01 Å². The van der Waals surface area contributed by atoms with Crippen molar-refractivity contribution < 1.29 is 14.4 Å². The summed E-state index contributed by atoms with van der Waals surface area (Å²) in [5.41, 5.74) is 4.80. The summed E-state index contributed by atoms with van der Waals surface area (Å²) in [6.45, 7) is 3.78. The number of carbonyl (C=O) groups is 3. The van der Waals surface area contributed by atoms with Crippen LogP contribution in [-0.4, -0.2) is 28.4 Å². The van der Waals surface area contributed by atoms with Gasteiger partial charge >= 0.3 is 6.03 Å². The topological polar surface area (TPSA) is 78.5 Å². The number of nitrogens with one attached hydrogen (secondary N) is 2. The molecule has 2 aromatic rings. The Labute approximate surface area is 171 Å². The van der Waals surface area contributed by atoms with Crippen LogP contribution in [0.15, 0.2) is 54.6 Å². The highest BCUT2D eigenvalue weighted by molar-refractivity contribution is 6.07. The van der Waals surface area contributed by atoms with Crippen LogP contribution in [0.5, 0.6) is 0 Å². The van der Waals surface area contributed by atoms with Crippen LogP contribution < -0.4 is 10.7 Å². The minimum atomic E-state index is -1.03. The highest BCUT2D eigenvalue weighted by Crippen LogP contribution is 2.22. The lowest BCUT2D eigenvalue weighted by Gasteiger charge is -2.21. The summed E-state index contributed by atoms with van der Waals surface area (Å²) in [6.07, 6.45) is 2.82. The zero-order valence-electron chi connectivity index (χ0n) is 16.9. The molecule has 6 nitrogen and oxygen atoms in total. The number of nitrogens with zero attached hydrogens (tertiary/aromatic N) is 1. The van der Waals surface area contributed by atoms with Gasteiger partial charge in [-0.15, -0.1) is 0 Å². The Balaban J connectivity index is 1.53. The Bertz CT molecular complexity index is 880. The van der Waals surface area contributed by atoms with Gasteiger partial charge in [0.15, 0.2) is 0 Å². The lowest BCUT2D eigenvalue weighted by Crippen LogP contribution is -2.49. The molecule has 1 fully saturated rings. The molecule has 2 N–H and O–H groups in total. The summed E-state index contributed by atoms with van der Waals surface area (Å²) in [5, 5.41) is 3.53. The molecule has 0 aliphatic carbocycles. The Hall–Kier alpha value is -3.15. The van der Waals surface area contributed by atoms with E-state index in [1.807, 2.05) is 54.6 Å². The molecule has 0 aromatic heterocycles. The summed E-state index contributed by atoms with van der Waals surface area (Å²) in [4.78, 5) is 37.3. The summed E-state index contributed by atoms with van der Waals surface area (Å²) in [7, 11) is 0. The zero-order chi connectivity index (χ0) is 20.9. The minimum absolute atomic E-state index is 0.198. The van der Waals surface area contributed by atoms with Crippen LogP contribution in [0.1, 0.15) is 43.4 Å². The van der Waals surface area contributed by atoms with Crippen LogP contribution in [-0.2, 0) is 28.9 Å². The Morgan fingerprint density at radius 3 is 2.24 bits per heavy atom. The largest absolute Gasteiger partial charge is 0.344 e. The first kappa shape index (κ1) is 20.6. The van der Waals surface area contributed by atoms with Gasteiger partial charge in [0.1, 0.15) is 5.54 Å². The number of hydrogen-bond donors (Lipinski definition) is 2. The molecule has 0 bridgehead atoms. The van der Waals surface area contributed by atoms with Gasteiger partial charge in [0, 0.05) is 6.42 Å². The number of amides is 4.